The molecule has 3 rings (SSSR count). The predicted molar refractivity (Wildman–Crippen MR) is 107 cm³/mol. The van der Waals surface area contributed by atoms with E-state index in [0.717, 1.165) is 16.3 Å². The van der Waals surface area contributed by atoms with Crippen molar-refractivity contribution in [1.82, 2.24) is 4.83 Å². The van der Waals surface area contributed by atoms with E-state index in [-0.39, 0.29) is 11.5 Å². The van der Waals surface area contributed by atoms with Crippen molar-refractivity contribution in [3.63, 3.8) is 0 Å². The molecule has 3 aromatic carbocycles. The van der Waals surface area contributed by atoms with Gasteiger partial charge in [-0.1, -0.05) is 53.9 Å². The Kier molecular flexibility index (Phi) is 5.43. The monoisotopic (exact) mass is 378 g/mol. The van der Waals surface area contributed by atoms with Crippen molar-refractivity contribution < 1.29 is 13.2 Å². The first-order valence-corrected chi connectivity index (χ1v) is 9.69. The molecule has 136 valence electrons. The highest BCUT2D eigenvalue weighted by Gasteiger charge is 2.12. The Morgan fingerprint density at radius 3 is 2.59 bits per heavy atom. The Hall–Kier alpha value is -3.30. The van der Waals surface area contributed by atoms with Gasteiger partial charge in [-0.25, -0.2) is 4.83 Å². The molecule has 0 atom stereocenters. The number of terminal acetylenes is 1. The van der Waals surface area contributed by atoms with Crippen LogP contribution in [0.2, 0.25) is 0 Å². The highest BCUT2D eigenvalue weighted by atomic mass is 32.2. The van der Waals surface area contributed by atoms with Crippen LogP contribution >= 0.6 is 0 Å². The smallest absolute Gasteiger partial charge is 0.276 e. The van der Waals surface area contributed by atoms with E-state index in [1.807, 2.05) is 37.3 Å². The molecule has 0 fully saturated rings. The summed E-state index contributed by atoms with van der Waals surface area (Å²) in [6, 6.07) is 17.9. The van der Waals surface area contributed by atoms with E-state index in [9.17, 15) is 8.42 Å². The lowest BCUT2D eigenvalue weighted by atomic mass is 10.0. The lowest BCUT2D eigenvalue weighted by Gasteiger charge is -2.10. The number of nitrogens with zero attached hydrogens (tertiary/aromatic N) is 1. The van der Waals surface area contributed by atoms with E-state index in [1.165, 1.54) is 18.3 Å². The molecule has 0 saturated carbocycles. The van der Waals surface area contributed by atoms with E-state index >= 15 is 0 Å². The Morgan fingerprint density at radius 1 is 1.11 bits per heavy atom. The summed E-state index contributed by atoms with van der Waals surface area (Å²) < 4.78 is 30.3. The molecule has 0 radical (unpaired) electrons. The van der Waals surface area contributed by atoms with Gasteiger partial charge in [0, 0.05) is 5.56 Å². The van der Waals surface area contributed by atoms with Gasteiger partial charge in [-0.2, -0.15) is 13.5 Å². The first-order chi connectivity index (χ1) is 13.0. The first kappa shape index (κ1) is 18.5. The number of hydrazone groups is 1. The molecule has 0 spiro atoms. The third-order valence-corrected chi connectivity index (χ3v) is 5.18. The largest absolute Gasteiger partial charge is 0.480 e. The number of aryl methyl sites for hydroxylation is 1. The molecule has 0 saturated heterocycles. The number of nitrogens with one attached hydrogen (secondary N) is 1. The van der Waals surface area contributed by atoms with Gasteiger partial charge in [0.25, 0.3) is 10.0 Å². The van der Waals surface area contributed by atoms with Gasteiger partial charge in [0.05, 0.1) is 11.1 Å². The number of hydrogen-bond donors (Lipinski definition) is 1. The zero-order chi connectivity index (χ0) is 19.3. The normalized spacial score (nSPS) is 11.4. The van der Waals surface area contributed by atoms with Crippen LogP contribution in [0.4, 0.5) is 0 Å². The number of ether oxygens (including phenoxy) is 1. The fourth-order valence-electron chi connectivity index (χ4n) is 2.58. The van der Waals surface area contributed by atoms with E-state index in [4.69, 9.17) is 11.2 Å². The van der Waals surface area contributed by atoms with E-state index in [2.05, 4.69) is 15.9 Å². The van der Waals surface area contributed by atoms with Crippen molar-refractivity contribution in [2.45, 2.75) is 11.8 Å². The Labute approximate surface area is 158 Å². The fraction of sp³-hybridized carbons (Fsp3) is 0.0952. The van der Waals surface area contributed by atoms with Crippen LogP contribution in [0.5, 0.6) is 5.75 Å². The van der Waals surface area contributed by atoms with E-state index < -0.39 is 10.0 Å². The molecule has 6 heteroatoms. The first-order valence-electron chi connectivity index (χ1n) is 8.21. The quantitative estimate of drug-likeness (QED) is 0.406. The summed E-state index contributed by atoms with van der Waals surface area (Å²) in [6.45, 7) is 1.99. The summed E-state index contributed by atoms with van der Waals surface area (Å²) >= 11 is 0. The van der Waals surface area contributed by atoms with Crippen LogP contribution in [0.25, 0.3) is 10.8 Å². The molecular weight excluding hydrogens is 360 g/mol. The molecule has 5 nitrogen and oxygen atoms in total. The molecular formula is C21H18N2O3S. The molecule has 3 aromatic rings. The third kappa shape index (κ3) is 4.27. The van der Waals surface area contributed by atoms with Gasteiger partial charge in [0.15, 0.2) is 0 Å². The van der Waals surface area contributed by atoms with Crippen LogP contribution in [0.15, 0.2) is 70.7 Å². The fourth-order valence-corrected chi connectivity index (χ4v) is 3.38. The van der Waals surface area contributed by atoms with Crippen molar-refractivity contribution in [3.8, 4) is 18.1 Å². The summed E-state index contributed by atoms with van der Waals surface area (Å²) in [7, 11) is -3.75. The maximum absolute atomic E-state index is 12.4. The van der Waals surface area contributed by atoms with Crippen LogP contribution in [-0.4, -0.2) is 21.2 Å². The summed E-state index contributed by atoms with van der Waals surface area (Å²) in [4.78, 5) is 2.38. The molecule has 0 aliphatic carbocycles. The zero-order valence-corrected chi connectivity index (χ0v) is 15.5. The highest BCUT2D eigenvalue weighted by Crippen LogP contribution is 2.26. The van der Waals surface area contributed by atoms with Crippen LogP contribution in [0.1, 0.15) is 11.1 Å². The minimum atomic E-state index is -3.75. The number of sulfonamides is 1. The Morgan fingerprint density at radius 2 is 1.85 bits per heavy atom. The lowest BCUT2D eigenvalue weighted by molar-refractivity contribution is 0.370. The SMILES string of the molecule is C#CCOc1ccc2ccccc2c1C=NNS(=O)(=O)c1ccc(C)cc1. The Balaban J connectivity index is 1.93. The summed E-state index contributed by atoms with van der Waals surface area (Å²) in [5.41, 5.74) is 1.62. The second-order valence-electron chi connectivity index (χ2n) is 5.86. The molecule has 0 aliphatic rings. The van der Waals surface area contributed by atoms with Gasteiger partial charge < -0.3 is 4.74 Å². The van der Waals surface area contributed by atoms with Gasteiger partial charge in [-0.15, -0.1) is 6.42 Å². The molecule has 0 heterocycles. The average Bonchev–Trinajstić information content (AvgIpc) is 2.67. The zero-order valence-electron chi connectivity index (χ0n) is 14.7. The topological polar surface area (TPSA) is 67.8 Å². The van der Waals surface area contributed by atoms with Crippen molar-refractivity contribution >= 4 is 27.0 Å². The standard InChI is InChI=1S/C21H18N2O3S/c1-3-14-26-21-13-10-17-6-4-5-7-19(17)20(21)15-22-23-27(24,25)18-11-8-16(2)9-12-18/h1,4-13,15,23H,14H2,2H3. The van der Waals surface area contributed by atoms with Crippen molar-refractivity contribution in [1.29, 1.82) is 0 Å². The number of fused-ring (bicyclic) bond motifs is 1. The minimum absolute atomic E-state index is 0.105. The third-order valence-electron chi connectivity index (χ3n) is 3.94. The maximum atomic E-state index is 12.4. The van der Waals surface area contributed by atoms with Crippen molar-refractivity contribution in [2.24, 2.45) is 5.10 Å². The van der Waals surface area contributed by atoms with Crippen LogP contribution in [0.3, 0.4) is 0 Å². The van der Waals surface area contributed by atoms with Crippen LogP contribution in [0, 0.1) is 19.3 Å². The molecule has 1 N–H and O–H groups in total. The summed E-state index contributed by atoms with van der Waals surface area (Å²) in [5, 5.41) is 5.80. The van der Waals surface area contributed by atoms with Gasteiger partial charge >= 0.3 is 0 Å². The lowest BCUT2D eigenvalue weighted by Crippen LogP contribution is -2.18. The van der Waals surface area contributed by atoms with Crippen molar-refractivity contribution in [2.75, 3.05) is 6.61 Å². The van der Waals surface area contributed by atoms with E-state index in [1.54, 1.807) is 18.2 Å². The van der Waals surface area contributed by atoms with Gasteiger partial charge in [-0.05, 0) is 35.9 Å². The summed E-state index contributed by atoms with van der Waals surface area (Å²) in [6.07, 6.45) is 6.70. The molecule has 0 aliphatic heterocycles. The number of hydrogen-bond acceptors (Lipinski definition) is 4. The Bertz CT molecular complexity index is 1130. The van der Waals surface area contributed by atoms with Gasteiger partial charge in [-0.3, -0.25) is 0 Å². The van der Waals surface area contributed by atoms with Crippen LogP contribution in [-0.2, 0) is 10.0 Å². The minimum Gasteiger partial charge on any atom is -0.480 e. The molecule has 0 bridgehead atoms. The second kappa shape index (κ2) is 7.94. The second-order valence-corrected chi connectivity index (χ2v) is 7.52. The molecule has 0 unspecified atom stereocenters. The van der Waals surface area contributed by atoms with Crippen molar-refractivity contribution in [3.05, 3.63) is 71.8 Å². The molecule has 27 heavy (non-hydrogen) atoms. The molecule has 0 amide bonds. The molecule has 0 aromatic heterocycles. The van der Waals surface area contributed by atoms with E-state index in [0.29, 0.717) is 11.3 Å². The number of rotatable bonds is 6. The van der Waals surface area contributed by atoms with Gasteiger partial charge in [0.2, 0.25) is 0 Å². The predicted octanol–water partition coefficient (Wildman–Crippen LogP) is 3.47. The maximum Gasteiger partial charge on any atom is 0.276 e. The van der Waals surface area contributed by atoms with Crippen LogP contribution < -0.4 is 9.57 Å². The highest BCUT2D eigenvalue weighted by molar-refractivity contribution is 7.89. The average molecular weight is 378 g/mol. The van der Waals surface area contributed by atoms with Gasteiger partial charge in [0.1, 0.15) is 12.4 Å². The summed E-state index contributed by atoms with van der Waals surface area (Å²) in [5.74, 6) is 2.95. The number of benzene rings is 3.